The summed E-state index contributed by atoms with van der Waals surface area (Å²) in [5.74, 6) is 1.80. The second-order valence-electron chi connectivity index (χ2n) is 8.62. The lowest BCUT2D eigenvalue weighted by molar-refractivity contribution is -0.133. The highest BCUT2D eigenvalue weighted by Gasteiger charge is 2.28. The average Bonchev–Trinajstić information content (AvgIpc) is 2.89. The van der Waals surface area contributed by atoms with Crippen molar-refractivity contribution in [2.45, 2.75) is 18.9 Å². The van der Waals surface area contributed by atoms with Gasteiger partial charge in [-0.15, -0.1) is 0 Å². The van der Waals surface area contributed by atoms with Crippen LogP contribution in [0.2, 0.25) is 0 Å². The van der Waals surface area contributed by atoms with E-state index in [1.807, 2.05) is 23.1 Å². The predicted octanol–water partition coefficient (Wildman–Crippen LogP) is 4.32. The second-order valence-corrected chi connectivity index (χ2v) is 8.62. The van der Waals surface area contributed by atoms with E-state index in [2.05, 4.69) is 65.6 Å². The number of aryl methyl sites for hydroxylation is 1. The number of piperazine rings is 1. The smallest absolute Gasteiger partial charge is 0.222 e. The molecule has 0 bridgehead atoms. The molecular weight excluding hydrogens is 412 g/mol. The van der Waals surface area contributed by atoms with Crippen LogP contribution in [0.4, 0.5) is 0 Å². The standard InChI is InChI=1S/C28H30N2O3/c31-27(14-12-22-11-13-25-26(21-22)33-20-19-32-25)29-15-17-30(18-16-29)28(23-7-3-1-4-8-23)24-9-5-2-6-10-24/h1-11,13,21,28H,12,14-20H2. The summed E-state index contributed by atoms with van der Waals surface area (Å²) in [6, 6.07) is 27.5. The quantitative estimate of drug-likeness (QED) is 0.570. The van der Waals surface area contributed by atoms with Crippen LogP contribution in [-0.2, 0) is 11.2 Å². The number of carbonyl (C=O) groups excluding carboxylic acids is 1. The summed E-state index contributed by atoms with van der Waals surface area (Å²) in [5, 5.41) is 0. The SMILES string of the molecule is O=C(CCc1ccc2c(c1)OCCO2)N1CCN(C(c2ccccc2)c2ccccc2)CC1. The highest BCUT2D eigenvalue weighted by Crippen LogP contribution is 2.32. The number of benzene rings is 3. The molecule has 0 aromatic heterocycles. The summed E-state index contributed by atoms with van der Waals surface area (Å²) in [6.07, 6.45) is 1.23. The van der Waals surface area contributed by atoms with Crippen LogP contribution in [0.25, 0.3) is 0 Å². The van der Waals surface area contributed by atoms with Crippen molar-refractivity contribution < 1.29 is 14.3 Å². The molecule has 2 aliphatic rings. The molecule has 2 aliphatic heterocycles. The van der Waals surface area contributed by atoms with Crippen LogP contribution in [0.3, 0.4) is 0 Å². The fourth-order valence-electron chi connectivity index (χ4n) is 4.77. The van der Waals surface area contributed by atoms with Crippen LogP contribution >= 0.6 is 0 Å². The molecule has 2 heterocycles. The predicted molar refractivity (Wildman–Crippen MR) is 129 cm³/mol. The molecule has 5 rings (SSSR count). The fourth-order valence-corrected chi connectivity index (χ4v) is 4.77. The third-order valence-electron chi connectivity index (χ3n) is 6.50. The maximum Gasteiger partial charge on any atom is 0.222 e. The zero-order valence-electron chi connectivity index (χ0n) is 18.9. The monoisotopic (exact) mass is 442 g/mol. The number of hydrogen-bond donors (Lipinski definition) is 0. The highest BCUT2D eigenvalue weighted by atomic mass is 16.6. The number of ether oxygens (including phenoxy) is 2. The Hall–Kier alpha value is -3.31. The molecule has 0 radical (unpaired) electrons. The van der Waals surface area contributed by atoms with Crippen molar-refractivity contribution in [3.8, 4) is 11.5 Å². The minimum Gasteiger partial charge on any atom is -0.486 e. The normalized spacial score (nSPS) is 16.1. The van der Waals surface area contributed by atoms with E-state index in [1.165, 1.54) is 11.1 Å². The van der Waals surface area contributed by atoms with Gasteiger partial charge in [0.05, 0.1) is 6.04 Å². The van der Waals surface area contributed by atoms with E-state index in [4.69, 9.17) is 9.47 Å². The van der Waals surface area contributed by atoms with Crippen molar-refractivity contribution >= 4 is 5.91 Å². The van der Waals surface area contributed by atoms with E-state index in [-0.39, 0.29) is 11.9 Å². The summed E-state index contributed by atoms with van der Waals surface area (Å²) in [6.45, 7) is 4.42. The van der Waals surface area contributed by atoms with Gasteiger partial charge in [0, 0.05) is 32.6 Å². The molecule has 0 unspecified atom stereocenters. The Morgan fingerprint density at radius 3 is 2.00 bits per heavy atom. The first-order valence-corrected chi connectivity index (χ1v) is 11.8. The summed E-state index contributed by atoms with van der Waals surface area (Å²) in [5.41, 5.74) is 3.70. The topological polar surface area (TPSA) is 42.0 Å². The summed E-state index contributed by atoms with van der Waals surface area (Å²) < 4.78 is 11.3. The molecule has 3 aromatic carbocycles. The molecule has 3 aromatic rings. The molecule has 33 heavy (non-hydrogen) atoms. The van der Waals surface area contributed by atoms with Crippen LogP contribution in [0.15, 0.2) is 78.9 Å². The van der Waals surface area contributed by atoms with Crippen LogP contribution < -0.4 is 9.47 Å². The van der Waals surface area contributed by atoms with Gasteiger partial charge < -0.3 is 14.4 Å². The highest BCUT2D eigenvalue weighted by molar-refractivity contribution is 5.76. The van der Waals surface area contributed by atoms with Crippen LogP contribution in [0.1, 0.15) is 29.2 Å². The molecular formula is C28H30N2O3. The first kappa shape index (κ1) is 21.5. The number of amides is 1. The van der Waals surface area contributed by atoms with Gasteiger partial charge in [0.25, 0.3) is 0 Å². The fraction of sp³-hybridized carbons (Fsp3) is 0.321. The number of fused-ring (bicyclic) bond motifs is 1. The van der Waals surface area contributed by atoms with Gasteiger partial charge in [0.1, 0.15) is 13.2 Å². The van der Waals surface area contributed by atoms with E-state index >= 15 is 0 Å². The molecule has 0 N–H and O–H groups in total. The largest absolute Gasteiger partial charge is 0.486 e. The van der Waals surface area contributed by atoms with Gasteiger partial charge in [-0.1, -0.05) is 66.7 Å². The van der Waals surface area contributed by atoms with Gasteiger partial charge in [-0.3, -0.25) is 9.69 Å². The van der Waals surface area contributed by atoms with E-state index in [0.29, 0.717) is 26.1 Å². The summed E-state index contributed by atoms with van der Waals surface area (Å²) >= 11 is 0. The first-order chi connectivity index (χ1) is 16.3. The van der Waals surface area contributed by atoms with Gasteiger partial charge in [-0.25, -0.2) is 0 Å². The maximum atomic E-state index is 12.9. The third kappa shape index (κ3) is 5.04. The lowest BCUT2D eigenvalue weighted by Gasteiger charge is -2.40. The Balaban J connectivity index is 1.19. The van der Waals surface area contributed by atoms with E-state index in [0.717, 1.165) is 43.2 Å². The second kappa shape index (κ2) is 10.1. The minimum absolute atomic E-state index is 0.211. The van der Waals surface area contributed by atoms with Crippen LogP contribution in [-0.4, -0.2) is 55.1 Å². The molecule has 0 atom stereocenters. The van der Waals surface area contributed by atoms with Gasteiger partial charge in [-0.05, 0) is 35.2 Å². The van der Waals surface area contributed by atoms with E-state index in [9.17, 15) is 4.79 Å². The molecule has 1 saturated heterocycles. The van der Waals surface area contributed by atoms with Crippen molar-refractivity contribution in [1.82, 2.24) is 9.80 Å². The lowest BCUT2D eigenvalue weighted by Crippen LogP contribution is -2.49. The summed E-state index contributed by atoms with van der Waals surface area (Å²) in [7, 11) is 0. The number of rotatable bonds is 6. The minimum atomic E-state index is 0.211. The summed E-state index contributed by atoms with van der Waals surface area (Å²) in [4.78, 5) is 17.4. The zero-order valence-corrected chi connectivity index (χ0v) is 18.9. The lowest BCUT2D eigenvalue weighted by atomic mass is 9.96. The van der Waals surface area contributed by atoms with Crippen molar-refractivity contribution in [3.05, 3.63) is 95.6 Å². The van der Waals surface area contributed by atoms with Gasteiger partial charge in [0.15, 0.2) is 11.5 Å². The maximum absolute atomic E-state index is 12.9. The molecule has 0 aliphatic carbocycles. The molecule has 0 spiro atoms. The van der Waals surface area contributed by atoms with Crippen LogP contribution in [0.5, 0.6) is 11.5 Å². The molecule has 1 amide bonds. The number of nitrogens with zero attached hydrogens (tertiary/aromatic N) is 2. The Labute approximate surface area is 195 Å². The average molecular weight is 443 g/mol. The van der Waals surface area contributed by atoms with E-state index < -0.39 is 0 Å². The number of hydrogen-bond acceptors (Lipinski definition) is 4. The van der Waals surface area contributed by atoms with Crippen LogP contribution in [0, 0.1) is 0 Å². The molecule has 1 fully saturated rings. The van der Waals surface area contributed by atoms with Gasteiger partial charge >= 0.3 is 0 Å². The molecule has 0 saturated carbocycles. The molecule has 170 valence electrons. The Morgan fingerprint density at radius 1 is 0.758 bits per heavy atom. The van der Waals surface area contributed by atoms with E-state index in [1.54, 1.807) is 0 Å². The number of carbonyl (C=O) groups is 1. The van der Waals surface area contributed by atoms with Crippen molar-refractivity contribution in [3.63, 3.8) is 0 Å². The molecule has 5 heteroatoms. The van der Waals surface area contributed by atoms with Gasteiger partial charge in [-0.2, -0.15) is 0 Å². The van der Waals surface area contributed by atoms with Crippen molar-refractivity contribution in [2.75, 3.05) is 39.4 Å². The first-order valence-electron chi connectivity index (χ1n) is 11.8. The third-order valence-corrected chi connectivity index (χ3v) is 6.50. The Kier molecular flexibility index (Phi) is 6.58. The Morgan fingerprint density at radius 2 is 1.36 bits per heavy atom. The van der Waals surface area contributed by atoms with Crippen molar-refractivity contribution in [1.29, 1.82) is 0 Å². The molecule has 5 nitrogen and oxygen atoms in total. The van der Waals surface area contributed by atoms with Gasteiger partial charge in [0.2, 0.25) is 5.91 Å². The zero-order chi connectivity index (χ0) is 22.5. The Bertz CT molecular complexity index is 1020. The van der Waals surface area contributed by atoms with Crippen molar-refractivity contribution in [2.24, 2.45) is 0 Å².